The van der Waals surface area contributed by atoms with Gasteiger partial charge in [-0.15, -0.1) is 0 Å². The molecule has 5 aliphatic carbocycles. The van der Waals surface area contributed by atoms with E-state index in [0.29, 0.717) is 33.6 Å². The molecule has 0 amide bonds. The number of benzene rings is 1. The van der Waals surface area contributed by atoms with Crippen LogP contribution in [0.2, 0.25) is 0 Å². The first-order valence-corrected chi connectivity index (χ1v) is 19.2. The van der Waals surface area contributed by atoms with Crippen molar-refractivity contribution >= 4 is 11.5 Å². The number of hydrogen-bond acceptors (Lipinski definition) is 3. The van der Waals surface area contributed by atoms with Crippen molar-refractivity contribution in [2.75, 3.05) is 33.2 Å². The lowest BCUT2D eigenvalue weighted by molar-refractivity contribution is -0.225. The molecule has 0 bridgehead atoms. The number of fused-ring (bicyclic) bond motifs is 7. The molecule has 0 aromatic heterocycles. The fourth-order valence-corrected chi connectivity index (χ4v) is 13.6. The van der Waals surface area contributed by atoms with Gasteiger partial charge in [-0.1, -0.05) is 71.9 Å². The monoisotopic (exact) mass is 643 g/mol. The van der Waals surface area contributed by atoms with Gasteiger partial charge in [-0.25, -0.2) is 4.79 Å². The van der Waals surface area contributed by atoms with E-state index in [2.05, 4.69) is 78.4 Å². The van der Waals surface area contributed by atoms with Crippen LogP contribution in [0.3, 0.4) is 0 Å². The van der Waals surface area contributed by atoms with Crippen molar-refractivity contribution in [2.24, 2.45) is 56.7 Å². The molecular weight excluding hydrogens is 576 g/mol. The standard InChI is InChI=1S/C43H66N2O2/c1-10-26-45(9)27-25-44-28-43-22-17-32(29(2)3)37(43)34-15-16-36-40(6)20-18-33(30-11-13-31(14-12-30)38(46)47)39(4,5)35(40)19-21-42(36,8)41(34,7)23-24-43/h11-14,18,32,34-37,44H,2,10,15-17,19-28H2,1,3-9H3,(H,46,47)/t32-,34+,35-,36+,37+,40-,41+,42+,43+/m0/s1. The molecule has 4 heteroatoms. The minimum absolute atomic E-state index is 0.0475. The number of nitrogens with one attached hydrogen (secondary N) is 1. The molecule has 0 heterocycles. The topological polar surface area (TPSA) is 52.6 Å². The largest absolute Gasteiger partial charge is 0.478 e. The molecule has 1 aromatic rings. The Morgan fingerprint density at radius 3 is 2.32 bits per heavy atom. The van der Waals surface area contributed by atoms with Crippen molar-refractivity contribution in [3.63, 3.8) is 0 Å². The van der Waals surface area contributed by atoms with E-state index in [4.69, 9.17) is 0 Å². The zero-order valence-electron chi connectivity index (χ0n) is 31.2. The molecule has 0 unspecified atom stereocenters. The van der Waals surface area contributed by atoms with Crippen LogP contribution in [-0.2, 0) is 0 Å². The minimum atomic E-state index is -0.852. The van der Waals surface area contributed by atoms with E-state index in [1.165, 1.54) is 87.6 Å². The summed E-state index contributed by atoms with van der Waals surface area (Å²) in [5.41, 5.74) is 5.88. The normalized spacial score (nSPS) is 40.5. The van der Waals surface area contributed by atoms with Crippen LogP contribution in [0.5, 0.6) is 0 Å². The summed E-state index contributed by atoms with van der Waals surface area (Å²) in [6.07, 6.45) is 15.7. The molecule has 4 nitrogen and oxygen atoms in total. The lowest BCUT2D eigenvalue weighted by Crippen LogP contribution is -2.65. The smallest absolute Gasteiger partial charge is 0.335 e. The molecule has 1 aromatic carbocycles. The van der Waals surface area contributed by atoms with Gasteiger partial charge < -0.3 is 15.3 Å². The third kappa shape index (κ3) is 5.42. The Kier molecular flexibility index (Phi) is 9.25. The molecule has 0 aliphatic heterocycles. The van der Waals surface area contributed by atoms with Gasteiger partial charge in [0.2, 0.25) is 0 Å². The van der Waals surface area contributed by atoms with Crippen LogP contribution in [0.1, 0.15) is 129 Å². The Morgan fingerprint density at radius 2 is 1.66 bits per heavy atom. The van der Waals surface area contributed by atoms with Gasteiger partial charge in [-0.05, 0) is 165 Å². The molecule has 0 spiro atoms. The number of rotatable bonds is 10. The van der Waals surface area contributed by atoms with Gasteiger partial charge in [0.25, 0.3) is 0 Å². The molecule has 0 saturated heterocycles. The molecule has 4 saturated carbocycles. The van der Waals surface area contributed by atoms with Gasteiger partial charge in [0.15, 0.2) is 0 Å². The highest BCUT2D eigenvalue weighted by Gasteiger charge is 2.70. The van der Waals surface area contributed by atoms with Crippen LogP contribution < -0.4 is 5.32 Å². The molecule has 9 atom stereocenters. The molecule has 6 rings (SSSR count). The Hall–Kier alpha value is -1.91. The van der Waals surface area contributed by atoms with Crippen molar-refractivity contribution < 1.29 is 9.90 Å². The number of allylic oxidation sites excluding steroid dienone is 3. The average Bonchev–Trinajstić information content (AvgIpc) is 3.40. The van der Waals surface area contributed by atoms with E-state index in [1.54, 1.807) is 12.1 Å². The zero-order chi connectivity index (χ0) is 34.0. The molecule has 47 heavy (non-hydrogen) atoms. The number of hydrogen-bond donors (Lipinski definition) is 2. The first kappa shape index (κ1) is 34.9. The lowest BCUT2D eigenvalue weighted by atomic mass is 9.32. The van der Waals surface area contributed by atoms with Crippen molar-refractivity contribution in [1.82, 2.24) is 10.2 Å². The van der Waals surface area contributed by atoms with E-state index in [9.17, 15) is 9.90 Å². The Labute approximate surface area is 287 Å². The van der Waals surface area contributed by atoms with Crippen molar-refractivity contribution in [2.45, 2.75) is 113 Å². The lowest BCUT2D eigenvalue weighted by Gasteiger charge is -2.72. The van der Waals surface area contributed by atoms with Crippen molar-refractivity contribution in [3.8, 4) is 0 Å². The van der Waals surface area contributed by atoms with E-state index < -0.39 is 5.97 Å². The summed E-state index contributed by atoms with van der Waals surface area (Å²) in [6.45, 7) is 27.0. The number of nitrogens with zero attached hydrogens (tertiary/aromatic N) is 1. The molecule has 0 radical (unpaired) electrons. The van der Waals surface area contributed by atoms with E-state index in [-0.39, 0.29) is 10.8 Å². The van der Waals surface area contributed by atoms with E-state index >= 15 is 0 Å². The first-order valence-electron chi connectivity index (χ1n) is 19.2. The van der Waals surface area contributed by atoms with Crippen LogP contribution in [0.4, 0.5) is 0 Å². The summed E-state index contributed by atoms with van der Waals surface area (Å²) in [5, 5.41) is 13.5. The molecule has 5 aliphatic rings. The minimum Gasteiger partial charge on any atom is -0.478 e. The van der Waals surface area contributed by atoms with Gasteiger partial charge in [0.05, 0.1) is 5.56 Å². The maximum absolute atomic E-state index is 11.5. The molecule has 4 fully saturated rings. The zero-order valence-corrected chi connectivity index (χ0v) is 31.2. The van der Waals surface area contributed by atoms with Gasteiger partial charge in [0.1, 0.15) is 0 Å². The van der Waals surface area contributed by atoms with Crippen LogP contribution in [0, 0.1) is 56.7 Å². The van der Waals surface area contributed by atoms with Crippen LogP contribution in [-0.4, -0.2) is 49.2 Å². The number of likely N-dealkylation sites (N-methyl/N-ethyl adjacent to an activating group) is 1. The van der Waals surface area contributed by atoms with Crippen molar-refractivity contribution in [1.29, 1.82) is 0 Å². The summed E-state index contributed by atoms with van der Waals surface area (Å²) in [7, 11) is 2.27. The second-order valence-corrected chi connectivity index (χ2v) is 18.5. The third-order valence-electron chi connectivity index (χ3n) is 16.0. The molecular formula is C43H66N2O2. The Morgan fingerprint density at radius 1 is 0.936 bits per heavy atom. The highest BCUT2D eigenvalue weighted by molar-refractivity contribution is 5.88. The first-order chi connectivity index (χ1) is 22.1. The Bertz CT molecular complexity index is 1380. The fourth-order valence-electron chi connectivity index (χ4n) is 13.6. The van der Waals surface area contributed by atoms with Crippen molar-refractivity contribution in [3.05, 3.63) is 53.6 Å². The quantitative estimate of drug-likeness (QED) is 0.197. The maximum atomic E-state index is 11.5. The van der Waals surface area contributed by atoms with Gasteiger partial charge in [0, 0.05) is 19.6 Å². The summed E-state index contributed by atoms with van der Waals surface area (Å²) in [4.78, 5) is 14.0. The van der Waals surface area contributed by atoms with Gasteiger partial charge in [-0.3, -0.25) is 0 Å². The highest BCUT2D eigenvalue weighted by atomic mass is 16.4. The number of carboxylic acids is 1. The van der Waals surface area contributed by atoms with E-state index in [0.717, 1.165) is 37.3 Å². The Balaban J connectivity index is 1.28. The number of carboxylic acid groups (broad SMARTS) is 1. The molecule has 2 N–H and O–H groups in total. The summed E-state index contributed by atoms with van der Waals surface area (Å²) in [6, 6.07) is 7.66. The predicted molar refractivity (Wildman–Crippen MR) is 196 cm³/mol. The fraction of sp³-hybridized carbons (Fsp3) is 0.744. The number of carbonyl (C=O) groups is 1. The SMILES string of the molecule is C=C(C)[C@@H]1CC[C@]2(CNCCN(C)CCC)CC[C@]3(C)[C@H](CC[C@@H]4[C@@]5(C)CC=C(c6ccc(C(=O)O)cc6)C(C)(C)[C@@H]5CC[C@]43C)[C@@H]12. The second-order valence-electron chi connectivity index (χ2n) is 18.5. The van der Waals surface area contributed by atoms with Crippen LogP contribution in [0.15, 0.2) is 42.5 Å². The molecule has 260 valence electrons. The highest BCUT2D eigenvalue weighted by Crippen LogP contribution is 2.77. The third-order valence-corrected chi connectivity index (χ3v) is 16.0. The average molecular weight is 643 g/mol. The van der Waals surface area contributed by atoms with E-state index in [1.807, 2.05) is 12.1 Å². The summed E-state index contributed by atoms with van der Waals surface area (Å²) >= 11 is 0. The summed E-state index contributed by atoms with van der Waals surface area (Å²) < 4.78 is 0. The van der Waals surface area contributed by atoms with Gasteiger partial charge in [-0.2, -0.15) is 0 Å². The summed E-state index contributed by atoms with van der Waals surface area (Å²) in [5.74, 6) is 2.71. The second kappa shape index (κ2) is 12.4. The van der Waals surface area contributed by atoms with Gasteiger partial charge >= 0.3 is 5.97 Å². The number of aromatic carboxylic acids is 1. The van der Waals surface area contributed by atoms with Crippen LogP contribution in [0.25, 0.3) is 5.57 Å². The van der Waals surface area contributed by atoms with Crippen LogP contribution >= 0.6 is 0 Å². The maximum Gasteiger partial charge on any atom is 0.335 e. The predicted octanol–water partition coefficient (Wildman–Crippen LogP) is 9.97.